The van der Waals surface area contributed by atoms with Gasteiger partial charge in [0.2, 0.25) is 0 Å². The zero-order chi connectivity index (χ0) is 24.2. The molecule has 0 fully saturated rings. The fourth-order valence-electron chi connectivity index (χ4n) is 4.66. The molecule has 0 saturated carbocycles. The van der Waals surface area contributed by atoms with Crippen LogP contribution in [0.2, 0.25) is 5.02 Å². The van der Waals surface area contributed by atoms with Crippen molar-refractivity contribution >= 4 is 33.4 Å². The Morgan fingerprint density at radius 2 is 1.82 bits per heavy atom. The molecule has 34 heavy (non-hydrogen) atoms. The van der Waals surface area contributed by atoms with Gasteiger partial charge in [0.25, 0.3) is 5.91 Å². The Labute approximate surface area is 200 Å². The summed E-state index contributed by atoms with van der Waals surface area (Å²) in [6, 6.07) is 13.8. The molecule has 0 spiro atoms. The summed E-state index contributed by atoms with van der Waals surface area (Å²) in [5.74, 6) is -0.663. The zero-order valence-corrected chi connectivity index (χ0v) is 19.0. The Morgan fingerprint density at radius 1 is 1.03 bits per heavy atom. The number of hydrogen-bond acceptors (Lipinski definition) is 3. The minimum absolute atomic E-state index is 0.0812. The summed E-state index contributed by atoms with van der Waals surface area (Å²) in [6.45, 7) is 0. The number of alkyl halides is 3. The third kappa shape index (κ3) is 3.91. The van der Waals surface area contributed by atoms with Crippen molar-refractivity contribution in [2.75, 3.05) is 0 Å². The van der Waals surface area contributed by atoms with Gasteiger partial charge in [0, 0.05) is 28.1 Å². The molecule has 174 valence electrons. The highest BCUT2D eigenvalue weighted by molar-refractivity contribution is 7.94. The SMILES string of the molecule is O=C1C=C(c2ccc([C@H]3CCc4c(-c5cc(C(F)(F)F)ccc5Cl)cccc43)cc2O)S(=O)N1. The fraction of sp³-hybridized carbons (Fsp3) is 0.160. The van der Waals surface area contributed by atoms with Crippen molar-refractivity contribution in [1.82, 2.24) is 4.72 Å². The highest BCUT2D eigenvalue weighted by Gasteiger charge is 2.32. The first-order valence-electron chi connectivity index (χ1n) is 10.4. The molecule has 1 aliphatic heterocycles. The van der Waals surface area contributed by atoms with Crippen LogP contribution >= 0.6 is 11.6 Å². The van der Waals surface area contributed by atoms with Crippen molar-refractivity contribution in [2.24, 2.45) is 0 Å². The standard InChI is InChI=1S/C25H17ClF3NO3S/c26-21-9-5-14(25(27,28)29)11-20(21)17-3-1-2-16-15(7-8-18(16)17)13-4-6-19(22(31)10-13)23-12-24(32)30-34(23)33/h1-6,9-12,15,31H,7-8H2,(H,30,32)/t15-,34?/m1/s1. The monoisotopic (exact) mass is 503 g/mol. The Bertz CT molecular complexity index is 1400. The third-order valence-electron chi connectivity index (χ3n) is 6.20. The number of benzene rings is 3. The molecule has 9 heteroatoms. The maximum atomic E-state index is 13.3. The Kier molecular flexibility index (Phi) is 5.53. The van der Waals surface area contributed by atoms with Gasteiger partial charge in [-0.3, -0.25) is 9.52 Å². The molecular weight excluding hydrogens is 487 g/mol. The van der Waals surface area contributed by atoms with Crippen LogP contribution in [0.4, 0.5) is 13.2 Å². The third-order valence-corrected chi connectivity index (χ3v) is 7.65. The number of amides is 1. The van der Waals surface area contributed by atoms with E-state index in [1.54, 1.807) is 30.3 Å². The average molecular weight is 504 g/mol. The van der Waals surface area contributed by atoms with E-state index in [-0.39, 0.29) is 21.6 Å². The Balaban J connectivity index is 1.53. The van der Waals surface area contributed by atoms with Crippen LogP contribution in [-0.4, -0.2) is 15.2 Å². The van der Waals surface area contributed by atoms with Crippen molar-refractivity contribution in [1.29, 1.82) is 0 Å². The molecule has 0 bridgehead atoms. The molecule has 1 heterocycles. The molecular formula is C25H17ClF3NO3S. The van der Waals surface area contributed by atoms with E-state index in [9.17, 15) is 27.3 Å². The van der Waals surface area contributed by atoms with Crippen LogP contribution in [0.1, 0.15) is 40.2 Å². The second kappa shape index (κ2) is 8.29. The number of rotatable bonds is 3. The van der Waals surface area contributed by atoms with Crippen LogP contribution in [0, 0.1) is 0 Å². The van der Waals surface area contributed by atoms with Crippen LogP contribution < -0.4 is 4.72 Å². The molecule has 2 aliphatic rings. The lowest BCUT2D eigenvalue weighted by molar-refractivity contribution is -0.137. The van der Waals surface area contributed by atoms with Crippen LogP contribution in [0.5, 0.6) is 5.75 Å². The second-order valence-electron chi connectivity index (χ2n) is 8.18. The summed E-state index contributed by atoms with van der Waals surface area (Å²) >= 11 is 6.30. The van der Waals surface area contributed by atoms with E-state index >= 15 is 0 Å². The number of carbonyl (C=O) groups is 1. The number of nitrogens with one attached hydrogen (secondary N) is 1. The first-order chi connectivity index (χ1) is 16.1. The van der Waals surface area contributed by atoms with Gasteiger partial charge >= 0.3 is 6.18 Å². The van der Waals surface area contributed by atoms with Gasteiger partial charge in [0.1, 0.15) is 5.75 Å². The van der Waals surface area contributed by atoms with E-state index in [0.717, 1.165) is 28.8 Å². The number of halogens is 4. The van der Waals surface area contributed by atoms with Gasteiger partial charge in [-0.05, 0) is 65.4 Å². The molecule has 1 aliphatic carbocycles. The summed E-state index contributed by atoms with van der Waals surface area (Å²) in [5.41, 5.74) is 3.24. The van der Waals surface area contributed by atoms with Gasteiger partial charge in [-0.1, -0.05) is 35.9 Å². The smallest absolute Gasteiger partial charge is 0.416 e. The largest absolute Gasteiger partial charge is 0.507 e. The van der Waals surface area contributed by atoms with Gasteiger partial charge in [-0.25, -0.2) is 4.21 Å². The van der Waals surface area contributed by atoms with Crippen LogP contribution in [0.3, 0.4) is 0 Å². The maximum absolute atomic E-state index is 13.3. The number of fused-ring (bicyclic) bond motifs is 1. The lowest BCUT2D eigenvalue weighted by Gasteiger charge is -2.16. The predicted molar refractivity (Wildman–Crippen MR) is 124 cm³/mol. The molecule has 3 aromatic rings. The number of hydrogen-bond donors (Lipinski definition) is 2. The molecule has 0 radical (unpaired) electrons. The highest BCUT2D eigenvalue weighted by Crippen LogP contribution is 2.45. The molecule has 0 aromatic heterocycles. The van der Waals surface area contributed by atoms with Crippen LogP contribution in [-0.2, 0) is 28.4 Å². The number of phenolic OH excluding ortho intramolecular Hbond substituents is 1. The number of phenols is 1. The fourth-order valence-corrected chi connectivity index (χ4v) is 5.82. The molecule has 4 nitrogen and oxygen atoms in total. The molecule has 0 saturated heterocycles. The molecule has 3 aromatic carbocycles. The minimum Gasteiger partial charge on any atom is -0.507 e. The van der Waals surface area contributed by atoms with Crippen molar-refractivity contribution in [3.8, 4) is 16.9 Å². The van der Waals surface area contributed by atoms with Crippen molar-refractivity contribution in [3.05, 3.63) is 93.5 Å². The zero-order valence-electron chi connectivity index (χ0n) is 17.4. The summed E-state index contributed by atoms with van der Waals surface area (Å²) in [7, 11) is -1.72. The maximum Gasteiger partial charge on any atom is 0.416 e. The average Bonchev–Trinajstić information content (AvgIpc) is 3.35. The van der Waals surface area contributed by atoms with E-state index in [2.05, 4.69) is 4.72 Å². The predicted octanol–water partition coefficient (Wildman–Crippen LogP) is 5.94. The van der Waals surface area contributed by atoms with Gasteiger partial charge in [-0.2, -0.15) is 13.2 Å². The quantitative estimate of drug-likeness (QED) is 0.464. The molecule has 1 unspecified atom stereocenters. The Hall–Kier alpha value is -3.10. The van der Waals surface area contributed by atoms with Gasteiger partial charge in [-0.15, -0.1) is 0 Å². The topological polar surface area (TPSA) is 66.4 Å². The van der Waals surface area contributed by atoms with Crippen molar-refractivity contribution in [2.45, 2.75) is 24.9 Å². The highest BCUT2D eigenvalue weighted by atomic mass is 35.5. The number of aromatic hydroxyl groups is 1. The van der Waals surface area contributed by atoms with Gasteiger partial charge < -0.3 is 5.11 Å². The van der Waals surface area contributed by atoms with E-state index in [0.29, 0.717) is 29.5 Å². The Morgan fingerprint density at radius 3 is 2.50 bits per heavy atom. The lowest BCUT2D eigenvalue weighted by atomic mass is 9.89. The molecule has 5 rings (SSSR count). The molecule has 2 atom stereocenters. The lowest BCUT2D eigenvalue weighted by Crippen LogP contribution is -2.16. The normalized spacial score (nSPS) is 19.6. The summed E-state index contributed by atoms with van der Waals surface area (Å²) in [6.07, 6.45) is -1.94. The first-order valence-corrected chi connectivity index (χ1v) is 11.9. The van der Waals surface area contributed by atoms with E-state index < -0.39 is 28.6 Å². The summed E-state index contributed by atoms with van der Waals surface area (Å²) < 4.78 is 54.2. The second-order valence-corrected chi connectivity index (χ2v) is 9.77. The summed E-state index contributed by atoms with van der Waals surface area (Å²) in [5, 5.41) is 10.8. The van der Waals surface area contributed by atoms with Crippen molar-refractivity contribution < 1.29 is 27.3 Å². The molecule has 2 N–H and O–H groups in total. The van der Waals surface area contributed by atoms with Gasteiger partial charge in [0.05, 0.1) is 10.5 Å². The summed E-state index contributed by atoms with van der Waals surface area (Å²) in [4.78, 5) is 11.7. The number of carbonyl (C=O) groups excluding carboxylic acids is 1. The van der Waals surface area contributed by atoms with E-state index in [1.807, 2.05) is 6.07 Å². The van der Waals surface area contributed by atoms with E-state index in [1.165, 1.54) is 12.1 Å². The van der Waals surface area contributed by atoms with Crippen LogP contribution in [0.25, 0.3) is 16.0 Å². The molecule has 1 amide bonds. The first kappa shape index (κ1) is 22.7. The van der Waals surface area contributed by atoms with Gasteiger partial charge in [0.15, 0.2) is 11.0 Å². The van der Waals surface area contributed by atoms with Crippen LogP contribution in [0.15, 0.2) is 60.7 Å². The minimum atomic E-state index is -4.47. The van der Waals surface area contributed by atoms with E-state index in [4.69, 9.17) is 11.6 Å². The van der Waals surface area contributed by atoms with Crippen molar-refractivity contribution in [3.63, 3.8) is 0 Å².